The minimum atomic E-state index is -3.04. The van der Waals surface area contributed by atoms with E-state index in [-0.39, 0.29) is 22.6 Å². The van der Waals surface area contributed by atoms with Crippen molar-refractivity contribution >= 4 is 9.84 Å². The molecule has 0 saturated carbocycles. The van der Waals surface area contributed by atoms with Crippen LogP contribution < -0.4 is 5.32 Å². The van der Waals surface area contributed by atoms with Crippen molar-refractivity contribution in [3.05, 3.63) is 35.4 Å². The molecule has 106 valence electrons. The normalized spacial score (nSPS) is 29.1. The van der Waals surface area contributed by atoms with Gasteiger partial charge in [-0.3, -0.25) is 0 Å². The number of hydrogen-bond acceptors (Lipinski definition) is 3. The van der Waals surface area contributed by atoms with E-state index in [0.29, 0.717) is 0 Å². The van der Waals surface area contributed by atoms with Crippen LogP contribution in [0.5, 0.6) is 0 Å². The van der Waals surface area contributed by atoms with Crippen molar-refractivity contribution in [2.75, 3.05) is 5.75 Å². The van der Waals surface area contributed by atoms with E-state index >= 15 is 0 Å². The predicted octanol–water partition coefficient (Wildman–Crippen LogP) is 2.48. The number of hydrogen-bond donors (Lipinski definition) is 1. The summed E-state index contributed by atoms with van der Waals surface area (Å²) in [4.78, 5) is 0. The van der Waals surface area contributed by atoms with Gasteiger partial charge in [0.1, 0.15) is 0 Å². The number of sulfone groups is 1. The quantitative estimate of drug-likeness (QED) is 0.906. The zero-order valence-electron chi connectivity index (χ0n) is 12.1. The molecule has 19 heavy (non-hydrogen) atoms. The van der Waals surface area contributed by atoms with E-state index in [1.807, 2.05) is 26.0 Å². The summed E-state index contributed by atoms with van der Waals surface area (Å²) in [5, 5.41) is 3.09. The fourth-order valence-electron chi connectivity index (χ4n) is 2.74. The van der Waals surface area contributed by atoms with Gasteiger partial charge in [-0.05, 0) is 38.3 Å². The van der Waals surface area contributed by atoms with Crippen molar-refractivity contribution in [1.29, 1.82) is 0 Å². The molecule has 1 fully saturated rings. The third kappa shape index (κ3) is 3.00. The molecule has 2 rings (SSSR count). The third-order valence-corrected chi connectivity index (χ3v) is 6.42. The van der Waals surface area contributed by atoms with Gasteiger partial charge in [0.25, 0.3) is 0 Å². The van der Waals surface area contributed by atoms with E-state index in [4.69, 9.17) is 0 Å². The third-order valence-electron chi connectivity index (χ3n) is 3.89. The maximum atomic E-state index is 12.3. The van der Waals surface area contributed by atoms with Gasteiger partial charge >= 0.3 is 0 Å². The second-order valence-electron chi connectivity index (χ2n) is 6.11. The number of benzene rings is 1. The Kier molecular flexibility index (Phi) is 3.76. The van der Waals surface area contributed by atoms with Crippen LogP contribution in [0.4, 0.5) is 0 Å². The SMILES string of the molecule is CCc1ccc(C2NC(C)(C)CS(=O)(=O)C2C)cc1. The summed E-state index contributed by atoms with van der Waals surface area (Å²) in [7, 11) is -3.04. The molecule has 0 spiro atoms. The zero-order chi connectivity index (χ0) is 14.3. The standard InChI is InChI=1S/C15H23NO2S/c1-5-12-6-8-13(9-7-12)14-11(2)19(17,18)10-15(3,4)16-14/h6-9,11,14,16H,5,10H2,1-4H3. The van der Waals surface area contributed by atoms with Crippen molar-refractivity contribution in [2.24, 2.45) is 0 Å². The molecule has 4 heteroatoms. The average molecular weight is 281 g/mol. The molecule has 1 aromatic rings. The van der Waals surface area contributed by atoms with Gasteiger partial charge in [-0.25, -0.2) is 8.42 Å². The van der Waals surface area contributed by atoms with Crippen LogP contribution in [-0.4, -0.2) is 25.0 Å². The van der Waals surface area contributed by atoms with Gasteiger partial charge in [-0.15, -0.1) is 0 Å². The first-order chi connectivity index (χ1) is 8.75. The van der Waals surface area contributed by atoms with Gasteiger partial charge < -0.3 is 5.32 Å². The Morgan fingerprint density at radius 3 is 2.37 bits per heavy atom. The lowest BCUT2D eigenvalue weighted by molar-refractivity contribution is 0.334. The second-order valence-corrected chi connectivity index (χ2v) is 8.47. The molecule has 2 unspecified atom stereocenters. The minimum Gasteiger partial charge on any atom is -0.303 e. The lowest BCUT2D eigenvalue weighted by Crippen LogP contribution is -2.57. The molecule has 0 bridgehead atoms. The van der Waals surface area contributed by atoms with E-state index in [2.05, 4.69) is 24.4 Å². The average Bonchev–Trinajstić information content (AvgIpc) is 2.33. The lowest BCUT2D eigenvalue weighted by Gasteiger charge is -2.40. The summed E-state index contributed by atoms with van der Waals surface area (Å²) in [5.41, 5.74) is 1.95. The van der Waals surface area contributed by atoms with Crippen molar-refractivity contribution in [3.8, 4) is 0 Å². The Morgan fingerprint density at radius 2 is 1.84 bits per heavy atom. The number of nitrogens with one attached hydrogen (secondary N) is 1. The van der Waals surface area contributed by atoms with Crippen LogP contribution in [0.2, 0.25) is 0 Å². The van der Waals surface area contributed by atoms with Crippen molar-refractivity contribution in [3.63, 3.8) is 0 Å². The smallest absolute Gasteiger partial charge is 0.156 e. The number of aryl methyl sites for hydroxylation is 1. The minimum absolute atomic E-state index is 0.125. The van der Waals surface area contributed by atoms with Gasteiger partial charge in [0.15, 0.2) is 9.84 Å². The van der Waals surface area contributed by atoms with E-state index < -0.39 is 9.84 Å². The lowest BCUT2D eigenvalue weighted by atomic mass is 9.97. The molecule has 1 aliphatic rings. The molecule has 1 N–H and O–H groups in total. The maximum absolute atomic E-state index is 12.3. The maximum Gasteiger partial charge on any atom is 0.156 e. The highest BCUT2D eigenvalue weighted by atomic mass is 32.2. The molecule has 0 radical (unpaired) electrons. The molecule has 3 nitrogen and oxygen atoms in total. The van der Waals surface area contributed by atoms with E-state index in [9.17, 15) is 8.42 Å². The summed E-state index contributed by atoms with van der Waals surface area (Å²) in [6.45, 7) is 7.81. The largest absolute Gasteiger partial charge is 0.303 e. The topological polar surface area (TPSA) is 46.2 Å². The fraction of sp³-hybridized carbons (Fsp3) is 0.600. The molecule has 0 aromatic heterocycles. The Hall–Kier alpha value is -0.870. The molecule has 0 aliphatic carbocycles. The zero-order valence-corrected chi connectivity index (χ0v) is 12.9. The highest BCUT2D eigenvalue weighted by Crippen LogP contribution is 2.31. The Morgan fingerprint density at radius 1 is 1.26 bits per heavy atom. The first kappa shape index (κ1) is 14.5. The van der Waals surface area contributed by atoms with E-state index in [0.717, 1.165) is 12.0 Å². The van der Waals surface area contributed by atoms with E-state index in [1.165, 1.54) is 5.56 Å². The second kappa shape index (κ2) is 4.91. The van der Waals surface area contributed by atoms with Crippen molar-refractivity contribution in [2.45, 2.75) is 50.9 Å². The van der Waals surface area contributed by atoms with Crippen LogP contribution in [-0.2, 0) is 16.3 Å². The summed E-state index contributed by atoms with van der Waals surface area (Å²) in [6, 6.07) is 8.13. The van der Waals surface area contributed by atoms with Crippen LogP contribution in [0, 0.1) is 0 Å². The molecular weight excluding hydrogens is 258 g/mol. The molecule has 0 amide bonds. The van der Waals surface area contributed by atoms with Crippen LogP contribution >= 0.6 is 0 Å². The summed E-state index contributed by atoms with van der Waals surface area (Å²) in [6.07, 6.45) is 0.998. The first-order valence-electron chi connectivity index (χ1n) is 6.83. The van der Waals surface area contributed by atoms with Gasteiger partial charge in [-0.1, -0.05) is 31.2 Å². The molecule has 1 saturated heterocycles. The monoisotopic (exact) mass is 281 g/mol. The van der Waals surface area contributed by atoms with Crippen molar-refractivity contribution < 1.29 is 8.42 Å². The predicted molar refractivity (Wildman–Crippen MR) is 79.0 cm³/mol. The highest BCUT2D eigenvalue weighted by molar-refractivity contribution is 7.92. The van der Waals surface area contributed by atoms with Gasteiger partial charge in [0.2, 0.25) is 0 Å². The van der Waals surface area contributed by atoms with Gasteiger partial charge in [0, 0.05) is 11.6 Å². The van der Waals surface area contributed by atoms with Crippen LogP contribution in [0.1, 0.15) is 44.9 Å². The fourth-order valence-corrected chi connectivity index (χ4v) is 4.73. The summed E-state index contributed by atoms with van der Waals surface area (Å²) in [5.74, 6) is 0.199. The molecule has 2 atom stereocenters. The Balaban J connectivity index is 2.36. The van der Waals surface area contributed by atoms with Crippen LogP contribution in [0.15, 0.2) is 24.3 Å². The van der Waals surface area contributed by atoms with Gasteiger partial charge in [0.05, 0.1) is 11.0 Å². The summed E-state index contributed by atoms with van der Waals surface area (Å²) >= 11 is 0. The number of rotatable bonds is 2. The highest BCUT2D eigenvalue weighted by Gasteiger charge is 2.42. The Labute approximate surface area is 116 Å². The van der Waals surface area contributed by atoms with Crippen LogP contribution in [0.25, 0.3) is 0 Å². The van der Waals surface area contributed by atoms with Crippen LogP contribution in [0.3, 0.4) is 0 Å². The van der Waals surface area contributed by atoms with E-state index in [1.54, 1.807) is 6.92 Å². The molecule has 1 aliphatic heterocycles. The molecule has 1 aromatic carbocycles. The van der Waals surface area contributed by atoms with Gasteiger partial charge in [-0.2, -0.15) is 0 Å². The first-order valence-corrected chi connectivity index (χ1v) is 8.55. The summed E-state index contributed by atoms with van der Waals surface area (Å²) < 4.78 is 24.5. The molecular formula is C15H23NO2S. The molecule has 1 heterocycles. The Bertz CT molecular complexity index is 546. The van der Waals surface area contributed by atoms with Crippen molar-refractivity contribution in [1.82, 2.24) is 5.32 Å².